The largest absolute Gasteiger partial charge is 0.344 e. The average molecular weight is 357 g/mol. The van der Waals surface area contributed by atoms with E-state index in [2.05, 4.69) is 17.1 Å². The molecule has 2 aromatic carbocycles. The molecule has 2 unspecified atom stereocenters. The summed E-state index contributed by atoms with van der Waals surface area (Å²) < 4.78 is 0. The summed E-state index contributed by atoms with van der Waals surface area (Å²) in [6, 6.07) is 17.6. The van der Waals surface area contributed by atoms with Crippen molar-refractivity contribution in [3.63, 3.8) is 0 Å². The van der Waals surface area contributed by atoms with E-state index in [4.69, 9.17) is 11.6 Å². The van der Waals surface area contributed by atoms with Crippen molar-refractivity contribution in [2.75, 3.05) is 19.6 Å². The van der Waals surface area contributed by atoms with E-state index in [1.54, 1.807) is 0 Å². The van der Waals surface area contributed by atoms with E-state index in [1.807, 2.05) is 54.6 Å². The first-order valence-electron chi connectivity index (χ1n) is 8.94. The maximum Gasteiger partial charge on any atom is 0.234 e. The van der Waals surface area contributed by atoms with Crippen LogP contribution in [0.2, 0.25) is 5.02 Å². The normalized spacial score (nSPS) is 19.4. The average Bonchev–Trinajstić information content (AvgIpc) is 2.61. The summed E-state index contributed by atoms with van der Waals surface area (Å²) in [7, 11) is 0. The highest BCUT2D eigenvalue weighted by Crippen LogP contribution is 2.24. The van der Waals surface area contributed by atoms with Crippen molar-refractivity contribution >= 4 is 17.5 Å². The fourth-order valence-electron chi connectivity index (χ4n) is 3.50. The minimum atomic E-state index is -0.159. The standard InChI is InChI=1S/C21H25ClN2O/c1-16-6-5-13-24(14-16)15-20(25)23-21(17-7-3-2-4-8-17)18-9-11-19(22)12-10-18/h2-4,7-12,16,21H,5-6,13-15H2,1H3,(H,23,25). The number of rotatable bonds is 5. The number of nitrogens with zero attached hydrogens (tertiary/aromatic N) is 1. The van der Waals surface area contributed by atoms with Crippen LogP contribution >= 0.6 is 11.6 Å². The number of carbonyl (C=O) groups excluding carboxylic acids is 1. The number of piperidine rings is 1. The van der Waals surface area contributed by atoms with Gasteiger partial charge in [-0.1, -0.05) is 61.0 Å². The van der Waals surface area contributed by atoms with E-state index < -0.39 is 0 Å². The summed E-state index contributed by atoms with van der Waals surface area (Å²) in [5.41, 5.74) is 2.11. The van der Waals surface area contributed by atoms with Gasteiger partial charge in [0.25, 0.3) is 0 Å². The number of carbonyl (C=O) groups is 1. The lowest BCUT2D eigenvalue weighted by Crippen LogP contribution is -2.43. The van der Waals surface area contributed by atoms with Crippen LogP contribution in [-0.4, -0.2) is 30.4 Å². The van der Waals surface area contributed by atoms with Crippen LogP contribution in [0.15, 0.2) is 54.6 Å². The van der Waals surface area contributed by atoms with Gasteiger partial charge in [0.2, 0.25) is 5.91 Å². The van der Waals surface area contributed by atoms with Crippen molar-refractivity contribution in [3.8, 4) is 0 Å². The number of halogens is 1. The van der Waals surface area contributed by atoms with Crippen LogP contribution in [0.25, 0.3) is 0 Å². The van der Waals surface area contributed by atoms with Crippen LogP contribution in [0.3, 0.4) is 0 Å². The zero-order chi connectivity index (χ0) is 17.6. The highest BCUT2D eigenvalue weighted by atomic mass is 35.5. The fourth-order valence-corrected chi connectivity index (χ4v) is 3.63. The van der Waals surface area contributed by atoms with Crippen molar-refractivity contribution in [1.29, 1.82) is 0 Å². The highest BCUT2D eigenvalue weighted by molar-refractivity contribution is 6.30. The first-order chi connectivity index (χ1) is 12.1. The van der Waals surface area contributed by atoms with Gasteiger partial charge in [0, 0.05) is 11.6 Å². The smallest absolute Gasteiger partial charge is 0.234 e. The van der Waals surface area contributed by atoms with Gasteiger partial charge < -0.3 is 5.32 Å². The minimum Gasteiger partial charge on any atom is -0.344 e. The lowest BCUT2D eigenvalue weighted by atomic mass is 9.98. The van der Waals surface area contributed by atoms with Gasteiger partial charge in [0.15, 0.2) is 0 Å². The SMILES string of the molecule is CC1CCCN(CC(=O)NC(c2ccccc2)c2ccc(Cl)cc2)C1. The van der Waals surface area contributed by atoms with Crippen LogP contribution in [0.5, 0.6) is 0 Å². The Morgan fingerprint density at radius 3 is 2.52 bits per heavy atom. The van der Waals surface area contributed by atoms with Gasteiger partial charge in [-0.3, -0.25) is 9.69 Å². The topological polar surface area (TPSA) is 32.3 Å². The molecule has 132 valence electrons. The fraction of sp³-hybridized carbons (Fsp3) is 0.381. The molecule has 3 rings (SSSR count). The molecule has 1 aliphatic heterocycles. The summed E-state index contributed by atoms with van der Waals surface area (Å²) in [6.07, 6.45) is 2.43. The summed E-state index contributed by atoms with van der Waals surface area (Å²) in [4.78, 5) is 14.9. The van der Waals surface area contributed by atoms with Gasteiger partial charge in [-0.05, 0) is 48.6 Å². The molecule has 0 bridgehead atoms. The van der Waals surface area contributed by atoms with E-state index in [9.17, 15) is 4.79 Å². The molecule has 1 amide bonds. The van der Waals surface area contributed by atoms with Gasteiger partial charge in [0.1, 0.15) is 0 Å². The molecule has 0 aromatic heterocycles. The third kappa shape index (κ3) is 5.07. The first kappa shape index (κ1) is 18.0. The van der Waals surface area contributed by atoms with Crippen molar-refractivity contribution in [2.45, 2.75) is 25.8 Å². The van der Waals surface area contributed by atoms with Crippen molar-refractivity contribution < 1.29 is 4.79 Å². The third-order valence-electron chi connectivity index (χ3n) is 4.75. The van der Waals surface area contributed by atoms with Gasteiger partial charge in [0.05, 0.1) is 12.6 Å². The Hall–Kier alpha value is -1.84. The summed E-state index contributed by atoms with van der Waals surface area (Å²) in [5, 5.41) is 3.91. The van der Waals surface area contributed by atoms with E-state index in [-0.39, 0.29) is 11.9 Å². The van der Waals surface area contributed by atoms with Crippen LogP contribution in [-0.2, 0) is 4.79 Å². The van der Waals surface area contributed by atoms with Gasteiger partial charge >= 0.3 is 0 Å². The number of benzene rings is 2. The predicted octanol–water partition coefficient (Wildman–Crippen LogP) is 4.28. The second kappa shape index (κ2) is 8.50. The molecule has 4 heteroatoms. The van der Waals surface area contributed by atoms with E-state index >= 15 is 0 Å². The Kier molecular flexibility index (Phi) is 6.11. The van der Waals surface area contributed by atoms with Crippen LogP contribution in [0.4, 0.5) is 0 Å². The minimum absolute atomic E-state index is 0.0675. The van der Waals surface area contributed by atoms with Crippen LogP contribution in [0, 0.1) is 5.92 Å². The molecule has 2 atom stereocenters. The molecule has 1 heterocycles. The molecule has 0 aliphatic carbocycles. The molecular formula is C21H25ClN2O. The number of amides is 1. The van der Waals surface area contributed by atoms with Gasteiger partial charge in [-0.25, -0.2) is 0 Å². The Morgan fingerprint density at radius 1 is 1.16 bits per heavy atom. The van der Waals surface area contributed by atoms with Gasteiger partial charge in [-0.2, -0.15) is 0 Å². The molecule has 25 heavy (non-hydrogen) atoms. The maximum absolute atomic E-state index is 12.7. The van der Waals surface area contributed by atoms with Crippen LogP contribution < -0.4 is 5.32 Å². The maximum atomic E-state index is 12.7. The van der Waals surface area contributed by atoms with Crippen LogP contribution in [0.1, 0.15) is 36.9 Å². The first-order valence-corrected chi connectivity index (χ1v) is 9.32. The molecule has 1 aliphatic rings. The number of hydrogen-bond donors (Lipinski definition) is 1. The zero-order valence-corrected chi connectivity index (χ0v) is 15.4. The van der Waals surface area contributed by atoms with E-state index in [0.717, 1.165) is 24.2 Å². The monoisotopic (exact) mass is 356 g/mol. The van der Waals surface area contributed by atoms with Crippen molar-refractivity contribution in [1.82, 2.24) is 10.2 Å². The summed E-state index contributed by atoms with van der Waals surface area (Å²) >= 11 is 6.02. The Morgan fingerprint density at radius 2 is 1.84 bits per heavy atom. The number of likely N-dealkylation sites (tertiary alicyclic amines) is 1. The van der Waals surface area contributed by atoms with Crippen molar-refractivity contribution in [3.05, 3.63) is 70.7 Å². The molecule has 1 fully saturated rings. The summed E-state index contributed by atoms with van der Waals surface area (Å²) in [5.74, 6) is 0.737. The highest BCUT2D eigenvalue weighted by Gasteiger charge is 2.21. The zero-order valence-electron chi connectivity index (χ0n) is 14.6. The molecule has 0 spiro atoms. The Labute approximate surface area is 155 Å². The third-order valence-corrected chi connectivity index (χ3v) is 5.00. The Balaban J connectivity index is 1.73. The summed E-state index contributed by atoms with van der Waals surface area (Å²) in [6.45, 7) is 4.73. The lowest BCUT2D eigenvalue weighted by Gasteiger charge is -2.31. The second-order valence-electron chi connectivity index (χ2n) is 6.95. The number of nitrogens with one attached hydrogen (secondary N) is 1. The lowest BCUT2D eigenvalue weighted by molar-refractivity contribution is -0.123. The molecular weight excluding hydrogens is 332 g/mol. The molecule has 2 aromatic rings. The van der Waals surface area contributed by atoms with Crippen molar-refractivity contribution in [2.24, 2.45) is 5.92 Å². The second-order valence-corrected chi connectivity index (χ2v) is 7.38. The predicted molar refractivity (Wildman–Crippen MR) is 103 cm³/mol. The quantitative estimate of drug-likeness (QED) is 0.867. The molecule has 1 saturated heterocycles. The molecule has 1 N–H and O–H groups in total. The van der Waals surface area contributed by atoms with E-state index in [1.165, 1.54) is 12.8 Å². The van der Waals surface area contributed by atoms with Gasteiger partial charge in [-0.15, -0.1) is 0 Å². The molecule has 3 nitrogen and oxygen atoms in total. The number of hydrogen-bond acceptors (Lipinski definition) is 2. The molecule has 0 radical (unpaired) electrons. The van der Waals surface area contributed by atoms with E-state index in [0.29, 0.717) is 17.5 Å². The Bertz CT molecular complexity index is 687. The molecule has 0 saturated carbocycles.